The quantitative estimate of drug-likeness (QED) is 0.812. The third-order valence-electron chi connectivity index (χ3n) is 4.67. The van der Waals surface area contributed by atoms with Crippen LogP contribution in [0.4, 0.5) is 8.78 Å². The SMILES string of the molecule is CCCNC(Cc1ccc(F)cc1F)C1(C)CCCC1. The van der Waals surface area contributed by atoms with Crippen molar-refractivity contribution in [3.05, 3.63) is 35.4 Å². The second-order valence-electron chi connectivity index (χ2n) is 6.31. The van der Waals surface area contributed by atoms with Crippen molar-refractivity contribution in [1.29, 1.82) is 0 Å². The zero-order valence-electron chi connectivity index (χ0n) is 12.5. The van der Waals surface area contributed by atoms with Gasteiger partial charge in [0.2, 0.25) is 0 Å². The second-order valence-corrected chi connectivity index (χ2v) is 6.31. The van der Waals surface area contributed by atoms with Crippen LogP contribution in [0.5, 0.6) is 0 Å². The van der Waals surface area contributed by atoms with Gasteiger partial charge < -0.3 is 5.32 Å². The molecule has 1 atom stereocenters. The van der Waals surface area contributed by atoms with Gasteiger partial charge in [0.25, 0.3) is 0 Å². The molecule has 0 heterocycles. The maximum atomic E-state index is 13.9. The van der Waals surface area contributed by atoms with Crippen molar-refractivity contribution >= 4 is 0 Å². The van der Waals surface area contributed by atoms with Crippen LogP contribution in [0.3, 0.4) is 0 Å². The van der Waals surface area contributed by atoms with Crippen molar-refractivity contribution in [2.45, 2.75) is 58.4 Å². The molecule has 0 aliphatic heterocycles. The molecule has 1 fully saturated rings. The van der Waals surface area contributed by atoms with Crippen LogP contribution in [0.15, 0.2) is 18.2 Å². The Bertz CT molecular complexity index is 439. The highest BCUT2D eigenvalue weighted by Gasteiger charge is 2.36. The first-order valence-electron chi connectivity index (χ1n) is 7.72. The Kier molecular flexibility index (Phi) is 5.14. The van der Waals surface area contributed by atoms with E-state index < -0.39 is 11.6 Å². The lowest BCUT2D eigenvalue weighted by molar-refractivity contribution is 0.218. The summed E-state index contributed by atoms with van der Waals surface area (Å²) in [6.07, 6.45) is 6.61. The number of rotatable bonds is 6. The number of hydrogen-bond donors (Lipinski definition) is 1. The summed E-state index contributed by atoms with van der Waals surface area (Å²) in [5.41, 5.74) is 0.851. The molecular formula is C17H25F2N. The second kappa shape index (κ2) is 6.66. The van der Waals surface area contributed by atoms with Gasteiger partial charge in [-0.3, -0.25) is 0 Å². The van der Waals surface area contributed by atoms with E-state index in [1.54, 1.807) is 6.07 Å². The van der Waals surface area contributed by atoms with Gasteiger partial charge in [0, 0.05) is 12.1 Å². The van der Waals surface area contributed by atoms with Crippen LogP contribution < -0.4 is 5.32 Å². The molecule has 0 spiro atoms. The lowest BCUT2D eigenvalue weighted by Crippen LogP contribution is -2.44. The number of hydrogen-bond acceptors (Lipinski definition) is 1. The molecule has 1 aromatic carbocycles. The molecule has 0 bridgehead atoms. The van der Waals surface area contributed by atoms with Gasteiger partial charge in [0.05, 0.1) is 0 Å². The average molecular weight is 281 g/mol. The standard InChI is InChI=1S/C17H25F2N/c1-3-10-20-16(17(2)8-4-5-9-17)11-13-6-7-14(18)12-15(13)19/h6-7,12,16,20H,3-5,8-11H2,1-2H3. The van der Waals surface area contributed by atoms with Crippen molar-refractivity contribution in [1.82, 2.24) is 5.32 Å². The van der Waals surface area contributed by atoms with Gasteiger partial charge in [-0.15, -0.1) is 0 Å². The number of halogens is 2. The number of nitrogens with one attached hydrogen (secondary N) is 1. The summed E-state index contributed by atoms with van der Waals surface area (Å²) in [6, 6.07) is 4.20. The van der Waals surface area contributed by atoms with Crippen molar-refractivity contribution in [3.63, 3.8) is 0 Å². The average Bonchev–Trinajstić information content (AvgIpc) is 2.84. The Labute approximate surface area is 120 Å². The van der Waals surface area contributed by atoms with Gasteiger partial charge in [0.1, 0.15) is 11.6 Å². The van der Waals surface area contributed by atoms with Crippen molar-refractivity contribution in [3.8, 4) is 0 Å². The maximum absolute atomic E-state index is 13.9. The molecule has 112 valence electrons. The normalized spacial score (nSPS) is 19.2. The van der Waals surface area contributed by atoms with E-state index in [1.807, 2.05) is 0 Å². The first-order valence-corrected chi connectivity index (χ1v) is 7.72. The molecule has 0 aromatic heterocycles. The summed E-state index contributed by atoms with van der Waals surface area (Å²) in [4.78, 5) is 0. The predicted octanol–water partition coefficient (Wildman–Crippen LogP) is 4.46. The highest BCUT2D eigenvalue weighted by atomic mass is 19.1. The topological polar surface area (TPSA) is 12.0 Å². The van der Waals surface area contributed by atoms with E-state index in [0.717, 1.165) is 19.0 Å². The Morgan fingerprint density at radius 1 is 1.25 bits per heavy atom. The van der Waals surface area contributed by atoms with E-state index in [9.17, 15) is 8.78 Å². The zero-order valence-corrected chi connectivity index (χ0v) is 12.5. The van der Waals surface area contributed by atoms with Gasteiger partial charge >= 0.3 is 0 Å². The summed E-state index contributed by atoms with van der Waals surface area (Å²) in [6.45, 7) is 5.39. The fourth-order valence-corrected chi connectivity index (χ4v) is 3.32. The van der Waals surface area contributed by atoms with Crippen molar-refractivity contribution in [2.24, 2.45) is 5.41 Å². The van der Waals surface area contributed by atoms with E-state index in [2.05, 4.69) is 19.2 Å². The first kappa shape index (κ1) is 15.4. The molecule has 1 N–H and O–H groups in total. The first-order chi connectivity index (χ1) is 9.55. The van der Waals surface area contributed by atoms with Crippen LogP contribution in [0.25, 0.3) is 0 Å². The largest absolute Gasteiger partial charge is 0.313 e. The highest BCUT2D eigenvalue weighted by Crippen LogP contribution is 2.41. The summed E-state index contributed by atoms with van der Waals surface area (Å²) in [7, 11) is 0. The Morgan fingerprint density at radius 3 is 2.55 bits per heavy atom. The molecule has 1 aliphatic carbocycles. The Hall–Kier alpha value is -0.960. The van der Waals surface area contributed by atoms with Gasteiger partial charge in [-0.05, 0) is 49.3 Å². The summed E-state index contributed by atoms with van der Waals surface area (Å²) in [5.74, 6) is -0.925. The molecular weight excluding hydrogens is 256 g/mol. The monoisotopic (exact) mass is 281 g/mol. The molecule has 1 aliphatic rings. The van der Waals surface area contributed by atoms with E-state index in [0.29, 0.717) is 12.0 Å². The Balaban J connectivity index is 2.14. The van der Waals surface area contributed by atoms with Crippen LogP contribution in [-0.2, 0) is 6.42 Å². The minimum absolute atomic E-state index is 0.232. The van der Waals surface area contributed by atoms with Crippen LogP contribution >= 0.6 is 0 Å². The minimum atomic E-state index is -0.503. The number of benzene rings is 1. The van der Waals surface area contributed by atoms with E-state index in [1.165, 1.54) is 31.7 Å². The van der Waals surface area contributed by atoms with Gasteiger partial charge in [-0.1, -0.05) is 32.8 Å². The van der Waals surface area contributed by atoms with Gasteiger partial charge in [-0.25, -0.2) is 8.78 Å². The van der Waals surface area contributed by atoms with Crippen LogP contribution in [0, 0.1) is 17.0 Å². The fraction of sp³-hybridized carbons (Fsp3) is 0.647. The predicted molar refractivity (Wildman–Crippen MR) is 78.7 cm³/mol. The molecule has 0 amide bonds. The van der Waals surface area contributed by atoms with E-state index in [-0.39, 0.29) is 11.5 Å². The van der Waals surface area contributed by atoms with Crippen LogP contribution in [0.2, 0.25) is 0 Å². The zero-order chi connectivity index (χ0) is 14.6. The lowest BCUT2D eigenvalue weighted by Gasteiger charge is -2.35. The lowest BCUT2D eigenvalue weighted by atomic mass is 9.77. The summed E-state index contributed by atoms with van der Waals surface area (Å²) >= 11 is 0. The Morgan fingerprint density at radius 2 is 1.95 bits per heavy atom. The van der Waals surface area contributed by atoms with E-state index >= 15 is 0 Å². The third-order valence-corrected chi connectivity index (χ3v) is 4.67. The highest BCUT2D eigenvalue weighted by molar-refractivity contribution is 5.20. The molecule has 2 rings (SSSR count). The molecule has 20 heavy (non-hydrogen) atoms. The maximum Gasteiger partial charge on any atom is 0.129 e. The third kappa shape index (κ3) is 3.57. The summed E-state index contributed by atoms with van der Waals surface area (Å²) in [5, 5.41) is 3.58. The fourth-order valence-electron chi connectivity index (χ4n) is 3.32. The smallest absolute Gasteiger partial charge is 0.129 e. The molecule has 3 heteroatoms. The van der Waals surface area contributed by atoms with Crippen molar-refractivity contribution in [2.75, 3.05) is 6.54 Å². The summed E-state index contributed by atoms with van der Waals surface area (Å²) < 4.78 is 26.9. The molecule has 1 nitrogen and oxygen atoms in total. The van der Waals surface area contributed by atoms with Crippen molar-refractivity contribution < 1.29 is 8.78 Å². The van der Waals surface area contributed by atoms with E-state index in [4.69, 9.17) is 0 Å². The van der Waals surface area contributed by atoms with Crippen LogP contribution in [0.1, 0.15) is 51.5 Å². The van der Waals surface area contributed by atoms with Gasteiger partial charge in [-0.2, -0.15) is 0 Å². The molecule has 1 saturated carbocycles. The molecule has 0 radical (unpaired) electrons. The van der Waals surface area contributed by atoms with Gasteiger partial charge in [0.15, 0.2) is 0 Å². The van der Waals surface area contributed by atoms with Crippen LogP contribution in [-0.4, -0.2) is 12.6 Å². The minimum Gasteiger partial charge on any atom is -0.313 e. The molecule has 1 aromatic rings. The molecule has 0 saturated heterocycles. The molecule has 1 unspecified atom stereocenters.